The smallest absolute Gasteiger partial charge is 0.399 e. The minimum atomic E-state index is -0.413. The normalized spacial score (nSPS) is 13.6. The molecule has 0 aliphatic carbocycles. The molecule has 11 rings (SSSR count). The van der Waals surface area contributed by atoms with Crippen molar-refractivity contribution in [2.75, 3.05) is 0 Å². The van der Waals surface area contributed by atoms with Crippen LogP contribution in [0.5, 0.6) is 0 Å². The van der Waals surface area contributed by atoms with Crippen molar-refractivity contribution >= 4 is 28.5 Å². The summed E-state index contributed by atoms with van der Waals surface area (Å²) in [7, 11) is -0.413. The van der Waals surface area contributed by atoms with Crippen LogP contribution in [0.1, 0.15) is 27.7 Å². The van der Waals surface area contributed by atoms with Crippen LogP contribution >= 0.6 is 15.9 Å². The summed E-state index contributed by atoms with van der Waals surface area (Å²) in [6, 6.07) is 78.2. The summed E-state index contributed by atoms with van der Waals surface area (Å²) in [4.78, 5) is 21.0. The van der Waals surface area contributed by atoms with Crippen molar-refractivity contribution in [3.63, 3.8) is 0 Å². The molecule has 0 amide bonds. The van der Waals surface area contributed by atoms with Gasteiger partial charge in [-0.15, -0.1) is 0 Å². The molecule has 6 nitrogen and oxygen atoms in total. The molecular weight excluding hydrogens is 923 g/mol. The highest BCUT2D eigenvalue weighted by Gasteiger charge is 2.51. The van der Waals surface area contributed by atoms with Gasteiger partial charge in [0.25, 0.3) is 0 Å². The van der Waals surface area contributed by atoms with E-state index in [1.54, 1.807) is 0 Å². The molecule has 2 aromatic heterocycles. The van der Waals surface area contributed by atoms with Crippen LogP contribution in [-0.2, 0) is 9.31 Å². The molecule has 0 spiro atoms. The van der Waals surface area contributed by atoms with Gasteiger partial charge < -0.3 is 9.31 Å². The van der Waals surface area contributed by atoms with Gasteiger partial charge in [-0.25, -0.2) is 19.9 Å². The van der Waals surface area contributed by atoms with Gasteiger partial charge in [-0.2, -0.15) is 0 Å². The fourth-order valence-corrected chi connectivity index (χ4v) is 8.71. The molecule has 1 saturated heterocycles. The maximum atomic E-state index is 6.28. The van der Waals surface area contributed by atoms with Gasteiger partial charge in [-0.3, -0.25) is 0 Å². The summed E-state index contributed by atoms with van der Waals surface area (Å²) in [5.41, 5.74) is 15.3. The second kappa shape index (κ2) is 20.2. The van der Waals surface area contributed by atoms with Gasteiger partial charge in [0, 0.05) is 49.0 Å². The van der Waals surface area contributed by atoms with Gasteiger partial charge in [-0.05, 0) is 45.3 Å². The highest BCUT2D eigenvalue weighted by molar-refractivity contribution is 9.10. The first kappa shape index (κ1) is 46.1. The van der Waals surface area contributed by atoms with Crippen molar-refractivity contribution in [3.8, 4) is 90.1 Å². The van der Waals surface area contributed by atoms with E-state index < -0.39 is 7.12 Å². The van der Waals surface area contributed by atoms with Crippen LogP contribution in [0.15, 0.2) is 235 Å². The molecule has 1 fully saturated rings. The van der Waals surface area contributed by atoms with Crippen molar-refractivity contribution in [1.82, 2.24) is 19.9 Å². The molecule has 0 saturated carbocycles. The molecule has 0 N–H and O–H groups in total. The minimum absolute atomic E-state index is 0.389. The first-order valence-electron chi connectivity index (χ1n) is 23.5. The van der Waals surface area contributed by atoms with Crippen molar-refractivity contribution in [2.45, 2.75) is 38.9 Å². The maximum Gasteiger partial charge on any atom is 0.494 e. The first-order valence-corrected chi connectivity index (χ1v) is 24.3. The third-order valence-corrected chi connectivity index (χ3v) is 13.4. The van der Waals surface area contributed by atoms with Crippen LogP contribution in [0.25, 0.3) is 90.1 Å². The highest BCUT2D eigenvalue weighted by Crippen LogP contribution is 2.40. The van der Waals surface area contributed by atoms with Crippen molar-refractivity contribution in [1.29, 1.82) is 0 Å². The van der Waals surface area contributed by atoms with Gasteiger partial charge in [0.15, 0.2) is 0 Å². The Balaban J connectivity index is 0.000000166. The largest absolute Gasteiger partial charge is 0.494 e. The van der Waals surface area contributed by atoms with Gasteiger partial charge >= 0.3 is 7.12 Å². The van der Waals surface area contributed by atoms with Crippen LogP contribution in [0.3, 0.4) is 0 Å². The number of benzene rings is 8. The lowest BCUT2D eigenvalue weighted by atomic mass is 9.78. The lowest BCUT2D eigenvalue weighted by molar-refractivity contribution is 0.00578. The second-order valence-electron chi connectivity index (χ2n) is 18.1. The van der Waals surface area contributed by atoms with Gasteiger partial charge in [0.05, 0.1) is 56.8 Å². The summed E-state index contributed by atoms with van der Waals surface area (Å²) in [6.07, 6.45) is 0. The third-order valence-electron chi connectivity index (χ3n) is 12.9. The Bertz CT molecular complexity index is 3330. The lowest BCUT2D eigenvalue weighted by Gasteiger charge is -2.32. The molecule has 1 aliphatic rings. The Morgan fingerprint density at radius 2 is 0.486 bits per heavy atom. The van der Waals surface area contributed by atoms with Crippen LogP contribution in [0, 0.1) is 0 Å². The van der Waals surface area contributed by atoms with E-state index in [9.17, 15) is 0 Å². The van der Waals surface area contributed by atoms with Gasteiger partial charge in [-0.1, -0.05) is 234 Å². The topological polar surface area (TPSA) is 70.0 Å². The average molecular weight is 974 g/mol. The molecule has 10 aromatic rings. The van der Waals surface area contributed by atoms with Crippen molar-refractivity contribution in [3.05, 3.63) is 235 Å². The Morgan fingerprint density at radius 1 is 0.286 bits per heavy atom. The predicted molar refractivity (Wildman–Crippen MR) is 291 cm³/mol. The van der Waals surface area contributed by atoms with Crippen LogP contribution in [0.2, 0.25) is 0 Å². The lowest BCUT2D eigenvalue weighted by Crippen LogP contribution is -2.41. The molecule has 340 valence electrons. The van der Waals surface area contributed by atoms with Crippen molar-refractivity contribution in [2.24, 2.45) is 0 Å². The van der Waals surface area contributed by atoms with E-state index >= 15 is 0 Å². The third kappa shape index (κ3) is 9.80. The van der Waals surface area contributed by atoms with E-state index in [2.05, 4.69) is 153 Å². The van der Waals surface area contributed by atoms with E-state index in [1.165, 1.54) is 0 Å². The zero-order valence-corrected chi connectivity index (χ0v) is 41.1. The molecule has 1 aliphatic heterocycles. The molecule has 70 heavy (non-hydrogen) atoms. The van der Waals surface area contributed by atoms with E-state index in [4.69, 9.17) is 29.2 Å². The molecule has 3 heterocycles. The van der Waals surface area contributed by atoms with Crippen LogP contribution < -0.4 is 5.46 Å². The molecule has 0 atom stereocenters. The Kier molecular flexibility index (Phi) is 13.3. The first-order chi connectivity index (χ1) is 34.1. The summed E-state index contributed by atoms with van der Waals surface area (Å²) < 4.78 is 13.6. The molecular formula is C62H50BBrN4O2. The van der Waals surface area contributed by atoms with E-state index in [0.29, 0.717) is 0 Å². The summed E-state index contributed by atoms with van der Waals surface area (Å²) in [5.74, 6) is 0. The average Bonchev–Trinajstić information content (AvgIpc) is 3.65. The zero-order chi connectivity index (χ0) is 48.1. The quantitative estimate of drug-likeness (QED) is 0.134. The number of aromatic nitrogens is 4. The van der Waals surface area contributed by atoms with E-state index in [0.717, 1.165) is 100.0 Å². The molecule has 0 unspecified atom stereocenters. The maximum absolute atomic E-state index is 6.28. The number of rotatable bonds is 9. The zero-order valence-electron chi connectivity index (χ0n) is 39.5. The Morgan fingerprint density at radius 3 is 0.714 bits per heavy atom. The van der Waals surface area contributed by atoms with Crippen LogP contribution in [-0.4, -0.2) is 38.3 Å². The number of hydrogen-bond donors (Lipinski definition) is 0. The number of hydrogen-bond acceptors (Lipinski definition) is 6. The predicted octanol–water partition coefficient (Wildman–Crippen LogP) is 15.4. The summed E-state index contributed by atoms with van der Waals surface area (Å²) in [5, 5.41) is 0. The molecule has 8 aromatic carbocycles. The fraction of sp³-hybridized carbons (Fsp3) is 0.0968. The molecule has 0 radical (unpaired) electrons. The van der Waals surface area contributed by atoms with Gasteiger partial charge in [0.2, 0.25) is 0 Å². The molecule has 0 bridgehead atoms. The minimum Gasteiger partial charge on any atom is -0.399 e. The van der Waals surface area contributed by atoms with E-state index in [1.807, 2.05) is 121 Å². The monoisotopic (exact) mass is 972 g/mol. The Hall–Kier alpha value is -7.62. The van der Waals surface area contributed by atoms with E-state index in [-0.39, 0.29) is 11.2 Å². The fourth-order valence-electron chi connectivity index (χ4n) is 8.44. The summed E-state index contributed by atoms with van der Waals surface area (Å²) in [6.45, 7) is 8.29. The van der Waals surface area contributed by atoms with Gasteiger partial charge in [0.1, 0.15) is 0 Å². The second-order valence-corrected chi connectivity index (χ2v) is 19.1. The van der Waals surface area contributed by atoms with Crippen molar-refractivity contribution < 1.29 is 9.31 Å². The number of halogens is 1. The molecule has 8 heteroatoms. The highest BCUT2D eigenvalue weighted by atomic mass is 79.9. The standard InChI is InChI=1S/C34H31BN2O2.C28H19BrN2/c1-33(2)34(3,4)39-35(38-33)28-22-20-27(21-23-28)32-31(26-18-12-7-13-19-26)36-29(24-14-8-5-9-15-24)30(37-32)25-16-10-6-11-17-25;29-24-18-16-23(17-19-24)28-27(22-14-8-3-9-15-22)30-25(20-10-4-1-5-11-20)26(31-28)21-12-6-2-7-13-21/h5-23H,1-4H3;1-19H. The number of nitrogens with zero attached hydrogens (tertiary/aromatic N) is 4. The summed E-state index contributed by atoms with van der Waals surface area (Å²) >= 11 is 3.54. The van der Waals surface area contributed by atoms with Crippen LogP contribution in [0.4, 0.5) is 0 Å². The Labute approximate surface area is 419 Å². The SMILES string of the molecule is Brc1ccc(-c2nc(-c3ccccc3)c(-c3ccccc3)nc2-c2ccccc2)cc1.CC1(C)OB(c2ccc(-c3nc(-c4ccccc4)c(-c4ccccc4)nc3-c3ccccc3)cc2)OC1(C)C.